The number of aliphatic imine (C=N–C) groups is 1. The molecule has 0 aliphatic heterocycles. The van der Waals surface area contributed by atoms with E-state index in [0.717, 1.165) is 5.84 Å². The minimum absolute atomic E-state index is 0.399. The van der Waals surface area contributed by atoms with Crippen molar-refractivity contribution in [2.45, 2.75) is 46.1 Å². The van der Waals surface area contributed by atoms with Gasteiger partial charge in [0.2, 0.25) is 0 Å². The second-order valence-electron chi connectivity index (χ2n) is 3.95. The van der Waals surface area contributed by atoms with Crippen molar-refractivity contribution in [1.82, 2.24) is 0 Å². The van der Waals surface area contributed by atoms with Gasteiger partial charge in [0.25, 0.3) is 0 Å². The molecule has 0 saturated heterocycles. The van der Waals surface area contributed by atoms with Gasteiger partial charge in [0.15, 0.2) is 0 Å². The van der Waals surface area contributed by atoms with Crippen LogP contribution in [0.15, 0.2) is 4.99 Å². The average molecular weight is 168 g/mol. The molecule has 70 valence electrons. The topological polar surface area (TPSA) is 38.4 Å². The first-order valence-electron chi connectivity index (χ1n) is 4.98. The summed E-state index contributed by atoms with van der Waals surface area (Å²) in [6.45, 7) is 6.59. The fraction of sp³-hybridized carbons (Fsp3) is 0.900. The van der Waals surface area contributed by atoms with Crippen LogP contribution >= 0.6 is 0 Å². The molecule has 0 aromatic heterocycles. The van der Waals surface area contributed by atoms with E-state index in [2.05, 4.69) is 25.8 Å². The lowest BCUT2D eigenvalue weighted by molar-refractivity contribution is 0.471. The second-order valence-corrected chi connectivity index (χ2v) is 3.95. The van der Waals surface area contributed by atoms with Gasteiger partial charge in [-0.1, -0.05) is 20.3 Å². The van der Waals surface area contributed by atoms with Gasteiger partial charge in [0.1, 0.15) is 0 Å². The third kappa shape index (κ3) is 2.50. The van der Waals surface area contributed by atoms with Gasteiger partial charge in [0, 0.05) is 5.92 Å². The molecule has 1 aliphatic rings. The Kier molecular flexibility index (Phi) is 3.12. The fourth-order valence-corrected chi connectivity index (χ4v) is 1.19. The number of rotatable bonds is 4. The van der Waals surface area contributed by atoms with Gasteiger partial charge in [0.05, 0.1) is 11.9 Å². The molecule has 0 spiro atoms. The van der Waals surface area contributed by atoms with E-state index in [1.807, 2.05) is 0 Å². The Morgan fingerprint density at radius 2 is 2.08 bits per heavy atom. The molecule has 2 heteroatoms. The first-order valence-corrected chi connectivity index (χ1v) is 4.98. The summed E-state index contributed by atoms with van der Waals surface area (Å²) in [4.78, 5) is 4.50. The highest BCUT2D eigenvalue weighted by molar-refractivity contribution is 5.85. The Morgan fingerprint density at radius 3 is 2.50 bits per heavy atom. The van der Waals surface area contributed by atoms with E-state index in [-0.39, 0.29) is 0 Å². The molecule has 0 heterocycles. The van der Waals surface area contributed by atoms with Crippen molar-refractivity contribution in [3.05, 3.63) is 0 Å². The summed E-state index contributed by atoms with van der Waals surface area (Å²) >= 11 is 0. The number of nitrogens with two attached hydrogens (primary N) is 1. The van der Waals surface area contributed by atoms with E-state index in [1.165, 1.54) is 19.3 Å². The molecule has 1 aliphatic carbocycles. The molecule has 2 N–H and O–H groups in total. The molecule has 2 atom stereocenters. The van der Waals surface area contributed by atoms with Gasteiger partial charge in [-0.3, -0.25) is 4.99 Å². The first-order chi connectivity index (χ1) is 5.65. The summed E-state index contributed by atoms with van der Waals surface area (Å²) in [5.41, 5.74) is 5.82. The molecule has 0 radical (unpaired) electrons. The summed E-state index contributed by atoms with van der Waals surface area (Å²) in [6, 6.07) is 0.399. The Balaban J connectivity index is 2.41. The maximum absolute atomic E-state index is 5.82. The quantitative estimate of drug-likeness (QED) is 0.507. The van der Waals surface area contributed by atoms with Gasteiger partial charge in [-0.15, -0.1) is 0 Å². The van der Waals surface area contributed by atoms with Crippen LogP contribution in [0.25, 0.3) is 0 Å². The maximum Gasteiger partial charge on any atom is 0.0971 e. The predicted molar refractivity (Wildman–Crippen MR) is 53.3 cm³/mol. The van der Waals surface area contributed by atoms with Crippen molar-refractivity contribution in [1.29, 1.82) is 0 Å². The van der Waals surface area contributed by atoms with Crippen LogP contribution in [0.2, 0.25) is 0 Å². The smallest absolute Gasteiger partial charge is 0.0971 e. The summed E-state index contributed by atoms with van der Waals surface area (Å²) in [5, 5.41) is 0. The van der Waals surface area contributed by atoms with E-state index in [1.54, 1.807) is 0 Å². The number of hydrogen-bond acceptors (Lipinski definition) is 1. The van der Waals surface area contributed by atoms with E-state index in [4.69, 9.17) is 5.73 Å². The average Bonchev–Trinajstić information content (AvgIpc) is 2.84. The Hall–Kier alpha value is -0.530. The zero-order valence-electron chi connectivity index (χ0n) is 8.38. The van der Waals surface area contributed by atoms with Gasteiger partial charge in [-0.2, -0.15) is 0 Å². The third-order valence-electron chi connectivity index (χ3n) is 2.82. The van der Waals surface area contributed by atoms with Crippen LogP contribution in [-0.2, 0) is 0 Å². The Labute approximate surface area is 75.3 Å². The van der Waals surface area contributed by atoms with E-state index < -0.39 is 0 Å². The van der Waals surface area contributed by atoms with Crippen molar-refractivity contribution in [2.24, 2.45) is 22.6 Å². The number of hydrogen-bond donors (Lipinski definition) is 1. The summed E-state index contributed by atoms with van der Waals surface area (Å²) in [5.74, 6) is 2.17. The Bertz CT molecular complexity index is 171. The highest BCUT2D eigenvalue weighted by Gasteiger charge is 2.26. The van der Waals surface area contributed by atoms with E-state index in [0.29, 0.717) is 17.9 Å². The first kappa shape index (κ1) is 9.56. The van der Waals surface area contributed by atoms with Crippen molar-refractivity contribution >= 4 is 5.84 Å². The lowest BCUT2D eigenvalue weighted by Crippen LogP contribution is -2.20. The van der Waals surface area contributed by atoms with Crippen LogP contribution in [0.5, 0.6) is 0 Å². The predicted octanol–water partition coefficient (Wildman–Crippen LogP) is 2.19. The minimum atomic E-state index is 0.399. The SMILES string of the molecule is CCC(C)C(C)N=C(N)C1CC1. The van der Waals surface area contributed by atoms with Crippen LogP contribution in [0, 0.1) is 11.8 Å². The minimum Gasteiger partial charge on any atom is -0.387 e. The Morgan fingerprint density at radius 1 is 1.50 bits per heavy atom. The monoisotopic (exact) mass is 168 g/mol. The van der Waals surface area contributed by atoms with Crippen LogP contribution in [0.3, 0.4) is 0 Å². The molecule has 1 saturated carbocycles. The van der Waals surface area contributed by atoms with Gasteiger partial charge < -0.3 is 5.73 Å². The van der Waals surface area contributed by atoms with Gasteiger partial charge in [-0.25, -0.2) is 0 Å². The molecular weight excluding hydrogens is 148 g/mol. The zero-order chi connectivity index (χ0) is 9.14. The number of nitrogens with zero attached hydrogens (tertiary/aromatic N) is 1. The largest absolute Gasteiger partial charge is 0.387 e. The van der Waals surface area contributed by atoms with Crippen LogP contribution in [-0.4, -0.2) is 11.9 Å². The molecule has 2 nitrogen and oxygen atoms in total. The molecule has 0 bridgehead atoms. The molecule has 1 fully saturated rings. The lowest BCUT2D eigenvalue weighted by Gasteiger charge is -2.14. The maximum atomic E-state index is 5.82. The summed E-state index contributed by atoms with van der Waals surface area (Å²) in [6.07, 6.45) is 3.69. The highest BCUT2D eigenvalue weighted by atomic mass is 14.9. The fourth-order valence-electron chi connectivity index (χ4n) is 1.19. The molecule has 2 unspecified atom stereocenters. The van der Waals surface area contributed by atoms with Crippen LogP contribution < -0.4 is 5.73 Å². The highest BCUT2D eigenvalue weighted by Crippen LogP contribution is 2.29. The van der Waals surface area contributed by atoms with Crippen molar-refractivity contribution in [3.63, 3.8) is 0 Å². The lowest BCUT2D eigenvalue weighted by atomic mass is 10.0. The molecular formula is C10H20N2. The zero-order valence-corrected chi connectivity index (χ0v) is 8.38. The molecule has 0 aromatic carbocycles. The third-order valence-corrected chi connectivity index (χ3v) is 2.82. The molecule has 0 aromatic rings. The summed E-state index contributed by atoms with van der Waals surface area (Å²) in [7, 11) is 0. The van der Waals surface area contributed by atoms with Crippen molar-refractivity contribution < 1.29 is 0 Å². The van der Waals surface area contributed by atoms with Crippen LogP contribution in [0.1, 0.15) is 40.0 Å². The molecule has 12 heavy (non-hydrogen) atoms. The van der Waals surface area contributed by atoms with E-state index in [9.17, 15) is 0 Å². The summed E-state index contributed by atoms with van der Waals surface area (Å²) < 4.78 is 0. The molecule has 1 rings (SSSR count). The van der Waals surface area contributed by atoms with E-state index >= 15 is 0 Å². The normalized spacial score (nSPS) is 23.8. The van der Waals surface area contributed by atoms with Gasteiger partial charge in [-0.05, 0) is 25.7 Å². The second kappa shape index (κ2) is 3.92. The van der Waals surface area contributed by atoms with Gasteiger partial charge >= 0.3 is 0 Å². The number of amidine groups is 1. The standard InChI is InChI=1S/C10H20N2/c1-4-7(2)8(3)12-10(11)9-5-6-9/h7-9H,4-6H2,1-3H3,(H2,11,12). The van der Waals surface area contributed by atoms with Crippen molar-refractivity contribution in [3.8, 4) is 0 Å². The molecule has 0 amide bonds. The van der Waals surface area contributed by atoms with Crippen molar-refractivity contribution in [2.75, 3.05) is 0 Å². The van der Waals surface area contributed by atoms with Crippen LogP contribution in [0.4, 0.5) is 0 Å².